The summed E-state index contributed by atoms with van der Waals surface area (Å²) in [6, 6.07) is 7.75. The molecule has 0 bridgehead atoms. The average molecular weight is 408 g/mol. The fourth-order valence-electron chi connectivity index (χ4n) is 2.53. The normalized spacial score (nSPS) is 12.9. The number of rotatable bonds is 6. The Labute approximate surface area is 166 Å². The monoisotopic (exact) mass is 407 g/mol. The van der Waals surface area contributed by atoms with E-state index in [4.69, 9.17) is 35.3 Å². The highest BCUT2D eigenvalue weighted by Gasteiger charge is 2.24. The van der Waals surface area contributed by atoms with Crippen LogP contribution < -0.4 is 24.3 Å². The molecule has 2 aromatic rings. The largest absolute Gasteiger partial charge is 0.493 e. The molecule has 1 aliphatic heterocycles. The number of carbonyl (C=O) groups excluding carboxylic acids is 2. The van der Waals surface area contributed by atoms with Crippen LogP contribution in [-0.4, -0.2) is 39.0 Å². The van der Waals surface area contributed by atoms with Gasteiger partial charge in [-0.2, -0.15) is 0 Å². The van der Waals surface area contributed by atoms with E-state index in [-0.39, 0.29) is 17.4 Å². The maximum atomic E-state index is 12.4. The lowest BCUT2D eigenvalue weighted by Gasteiger charge is -2.15. The highest BCUT2D eigenvalue weighted by Crippen LogP contribution is 2.40. The van der Waals surface area contributed by atoms with Gasteiger partial charge in [-0.25, -0.2) is 4.79 Å². The third kappa shape index (κ3) is 4.07. The summed E-state index contributed by atoms with van der Waals surface area (Å²) in [5.41, 5.74) is 0.622. The Kier molecular flexibility index (Phi) is 5.79. The second-order valence-electron chi connectivity index (χ2n) is 5.80. The van der Waals surface area contributed by atoms with Crippen LogP contribution >= 0.6 is 11.6 Å². The molecule has 3 rings (SSSR count). The van der Waals surface area contributed by atoms with E-state index in [1.165, 1.54) is 33.3 Å². The van der Waals surface area contributed by atoms with Crippen LogP contribution in [0.4, 0.5) is 5.69 Å². The van der Waals surface area contributed by atoms with Crippen molar-refractivity contribution in [3.8, 4) is 23.0 Å². The molecule has 8 nitrogen and oxygen atoms in total. The Bertz CT molecular complexity index is 915. The molecule has 148 valence electrons. The average Bonchev–Trinajstić information content (AvgIpc) is 3.17. The van der Waals surface area contributed by atoms with Crippen LogP contribution in [0.5, 0.6) is 23.0 Å². The number of amides is 1. The molecule has 0 saturated heterocycles. The molecule has 0 saturated carbocycles. The summed E-state index contributed by atoms with van der Waals surface area (Å²) in [6.07, 6.45) is -1.05. The molecule has 1 amide bonds. The first kappa shape index (κ1) is 19.6. The minimum absolute atomic E-state index is 0.0255. The minimum atomic E-state index is -1.05. The molecule has 0 spiro atoms. The molecular formula is C19H18ClNO7. The zero-order valence-corrected chi connectivity index (χ0v) is 16.2. The molecule has 28 heavy (non-hydrogen) atoms. The molecule has 1 aliphatic rings. The second kappa shape index (κ2) is 8.26. The van der Waals surface area contributed by atoms with Gasteiger partial charge in [-0.15, -0.1) is 0 Å². The predicted octanol–water partition coefficient (Wildman–Crippen LogP) is 3.27. The van der Waals surface area contributed by atoms with Gasteiger partial charge < -0.3 is 29.0 Å². The van der Waals surface area contributed by atoms with E-state index >= 15 is 0 Å². The van der Waals surface area contributed by atoms with Crippen LogP contribution in [0.2, 0.25) is 5.02 Å². The maximum Gasteiger partial charge on any atom is 0.339 e. The summed E-state index contributed by atoms with van der Waals surface area (Å²) in [4.78, 5) is 24.7. The zero-order valence-electron chi connectivity index (χ0n) is 15.4. The van der Waals surface area contributed by atoms with E-state index in [9.17, 15) is 9.59 Å². The number of ether oxygens (including phenoxy) is 5. The molecule has 0 fully saturated rings. The van der Waals surface area contributed by atoms with Crippen LogP contribution in [0.1, 0.15) is 17.3 Å². The van der Waals surface area contributed by atoms with Crippen molar-refractivity contribution in [2.45, 2.75) is 13.0 Å². The van der Waals surface area contributed by atoms with Gasteiger partial charge in [0.05, 0.1) is 24.8 Å². The number of methoxy groups -OCH3 is 2. The third-order valence-corrected chi connectivity index (χ3v) is 4.25. The predicted molar refractivity (Wildman–Crippen MR) is 101 cm³/mol. The first-order valence-corrected chi connectivity index (χ1v) is 8.63. The SMILES string of the molecule is COc1ccc(NC(=O)C(C)OC(=O)c2cc(Cl)c3c(c2)OCO3)cc1OC. The number of carbonyl (C=O) groups is 2. The Balaban J connectivity index is 1.66. The summed E-state index contributed by atoms with van der Waals surface area (Å²) < 4.78 is 26.0. The fraction of sp³-hybridized carbons (Fsp3) is 0.263. The molecule has 1 unspecified atom stereocenters. The lowest BCUT2D eigenvalue weighted by Crippen LogP contribution is -2.30. The maximum absolute atomic E-state index is 12.4. The molecule has 0 aliphatic carbocycles. The van der Waals surface area contributed by atoms with Crippen molar-refractivity contribution >= 4 is 29.2 Å². The minimum Gasteiger partial charge on any atom is -0.493 e. The molecule has 0 radical (unpaired) electrons. The van der Waals surface area contributed by atoms with E-state index < -0.39 is 18.0 Å². The van der Waals surface area contributed by atoms with E-state index in [1.807, 2.05) is 0 Å². The Morgan fingerprint density at radius 1 is 1.11 bits per heavy atom. The Morgan fingerprint density at radius 3 is 2.57 bits per heavy atom. The number of benzene rings is 2. The van der Waals surface area contributed by atoms with E-state index in [1.54, 1.807) is 18.2 Å². The zero-order chi connectivity index (χ0) is 20.3. The lowest BCUT2D eigenvalue weighted by atomic mass is 10.2. The summed E-state index contributed by atoms with van der Waals surface area (Å²) in [5.74, 6) is 0.488. The molecule has 9 heteroatoms. The van der Waals surface area contributed by atoms with Crippen molar-refractivity contribution in [3.05, 3.63) is 40.9 Å². The number of halogens is 1. The molecule has 1 atom stereocenters. The van der Waals surface area contributed by atoms with Crippen LogP contribution in [0.15, 0.2) is 30.3 Å². The van der Waals surface area contributed by atoms with Gasteiger partial charge in [0.2, 0.25) is 6.79 Å². The number of esters is 1. The van der Waals surface area contributed by atoms with Gasteiger partial charge in [-0.05, 0) is 31.2 Å². The van der Waals surface area contributed by atoms with Gasteiger partial charge in [0.1, 0.15) is 0 Å². The van der Waals surface area contributed by atoms with Gasteiger partial charge in [-0.3, -0.25) is 4.79 Å². The molecular weight excluding hydrogens is 390 g/mol. The van der Waals surface area contributed by atoms with Crippen LogP contribution in [0.3, 0.4) is 0 Å². The van der Waals surface area contributed by atoms with Crippen molar-refractivity contribution in [2.75, 3.05) is 26.3 Å². The summed E-state index contributed by atoms with van der Waals surface area (Å²) in [6.45, 7) is 1.49. The first-order chi connectivity index (χ1) is 13.4. The van der Waals surface area contributed by atoms with E-state index in [0.29, 0.717) is 28.7 Å². The quantitative estimate of drug-likeness (QED) is 0.734. The van der Waals surface area contributed by atoms with E-state index in [2.05, 4.69) is 5.32 Å². The second-order valence-corrected chi connectivity index (χ2v) is 6.21. The van der Waals surface area contributed by atoms with Crippen molar-refractivity contribution in [2.24, 2.45) is 0 Å². The molecule has 1 heterocycles. The van der Waals surface area contributed by atoms with Crippen molar-refractivity contribution in [1.29, 1.82) is 0 Å². The number of anilines is 1. The van der Waals surface area contributed by atoms with Crippen molar-refractivity contribution in [3.63, 3.8) is 0 Å². The van der Waals surface area contributed by atoms with Gasteiger partial charge in [0, 0.05) is 11.8 Å². The first-order valence-electron chi connectivity index (χ1n) is 8.26. The standard InChI is InChI=1S/C19H18ClNO7/c1-10(18(22)21-12-4-5-14(24-2)15(8-12)25-3)28-19(23)11-6-13(20)17-16(7-11)26-9-27-17/h4-8,10H,9H2,1-3H3,(H,21,22). The van der Waals surface area contributed by atoms with Crippen molar-refractivity contribution in [1.82, 2.24) is 0 Å². The number of nitrogens with one attached hydrogen (secondary N) is 1. The van der Waals surface area contributed by atoms with Crippen LogP contribution in [0.25, 0.3) is 0 Å². The summed E-state index contributed by atoms with van der Waals surface area (Å²) in [5, 5.41) is 2.88. The fourth-order valence-corrected chi connectivity index (χ4v) is 2.79. The Hall–Kier alpha value is -3.13. The summed E-state index contributed by atoms with van der Waals surface area (Å²) >= 11 is 6.06. The Morgan fingerprint density at radius 2 is 1.86 bits per heavy atom. The van der Waals surface area contributed by atoms with Crippen molar-refractivity contribution < 1.29 is 33.3 Å². The van der Waals surface area contributed by atoms with Gasteiger partial charge in [-0.1, -0.05) is 11.6 Å². The van der Waals surface area contributed by atoms with Crippen LogP contribution in [-0.2, 0) is 9.53 Å². The smallest absolute Gasteiger partial charge is 0.339 e. The highest BCUT2D eigenvalue weighted by molar-refractivity contribution is 6.32. The van der Waals surface area contributed by atoms with E-state index in [0.717, 1.165) is 0 Å². The molecule has 1 N–H and O–H groups in total. The topological polar surface area (TPSA) is 92.3 Å². The summed E-state index contributed by atoms with van der Waals surface area (Å²) in [7, 11) is 3.00. The molecule has 2 aromatic carbocycles. The molecule has 0 aromatic heterocycles. The lowest BCUT2D eigenvalue weighted by molar-refractivity contribution is -0.123. The number of fused-ring (bicyclic) bond motifs is 1. The number of hydrogen-bond acceptors (Lipinski definition) is 7. The highest BCUT2D eigenvalue weighted by atomic mass is 35.5. The van der Waals surface area contributed by atoms with Gasteiger partial charge in [0.25, 0.3) is 5.91 Å². The van der Waals surface area contributed by atoms with Crippen LogP contribution in [0, 0.1) is 0 Å². The number of hydrogen-bond donors (Lipinski definition) is 1. The third-order valence-electron chi connectivity index (χ3n) is 3.97. The van der Waals surface area contributed by atoms with Gasteiger partial charge in [0.15, 0.2) is 29.1 Å². The van der Waals surface area contributed by atoms with Gasteiger partial charge >= 0.3 is 5.97 Å².